The third-order valence-corrected chi connectivity index (χ3v) is 4.61. The Balaban J connectivity index is 1.42. The molecule has 152 valence electrons. The van der Waals surface area contributed by atoms with E-state index < -0.39 is 0 Å². The smallest absolute Gasteiger partial charge is 0.244 e. The van der Waals surface area contributed by atoms with Gasteiger partial charge in [0.15, 0.2) is 5.65 Å². The van der Waals surface area contributed by atoms with Crippen LogP contribution in [0.5, 0.6) is 5.88 Å². The Labute approximate surface area is 174 Å². The number of nitrogens with one attached hydrogen (secondary N) is 1. The van der Waals surface area contributed by atoms with Gasteiger partial charge in [-0.1, -0.05) is 31.2 Å². The predicted octanol–water partition coefficient (Wildman–Crippen LogP) is 3.44. The number of nitrogens with zero attached hydrogens (tertiary/aromatic N) is 4. The standard InChI is InChI=1S/C23H23N5O2/c1-2-15-30-23-18(16-17-7-3-4-8-19(17)25-23)10-11-22(29)24-13-12-21-27-26-20-9-5-6-14-28(20)21/h3-11,14,16H,2,12-13,15H2,1H3,(H,24,29)/b11-10+. The lowest BCUT2D eigenvalue weighted by Gasteiger charge is -2.09. The molecule has 0 aliphatic carbocycles. The molecule has 7 nitrogen and oxygen atoms in total. The van der Waals surface area contributed by atoms with Crippen LogP contribution in [0.25, 0.3) is 22.6 Å². The number of hydrogen-bond donors (Lipinski definition) is 1. The van der Waals surface area contributed by atoms with E-state index in [9.17, 15) is 4.79 Å². The van der Waals surface area contributed by atoms with Gasteiger partial charge in [0.25, 0.3) is 0 Å². The van der Waals surface area contributed by atoms with E-state index in [0.29, 0.717) is 25.5 Å². The number of ether oxygens (including phenoxy) is 1. The lowest BCUT2D eigenvalue weighted by atomic mass is 10.1. The highest BCUT2D eigenvalue weighted by molar-refractivity contribution is 5.93. The number of pyridine rings is 2. The van der Waals surface area contributed by atoms with Crippen LogP contribution in [-0.4, -0.2) is 38.6 Å². The molecule has 0 radical (unpaired) electrons. The maximum atomic E-state index is 12.3. The van der Waals surface area contributed by atoms with Crippen molar-refractivity contribution in [1.29, 1.82) is 0 Å². The van der Waals surface area contributed by atoms with Crippen molar-refractivity contribution in [2.75, 3.05) is 13.2 Å². The number of carbonyl (C=O) groups excluding carboxylic acids is 1. The normalized spacial score (nSPS) is 11.4. The molecule has 30 heavy (non-hydrogen) atoms. The molecule has 4 aromatic rings. The second-order valence-electron chi connectivity index (χ2n) is 6.84. The van der Waals surface area contributed by atoms with Crippen LogP contribution in [-0.2, 0) is 11.2 Å². The van der Waals surface area contributed by atoms with E-state index in [1.54, 1.807) is 6.08 Å². The number of fused-ring (bicyclic) bond motifs is 2. The zero-order chi connectivity index (χ0) is 20.8. The Morgan fingerprint density at radius 1 is 1.17 bits per heavy atom. The first kappa shape index (κ1) is 19.6. The summed E-state index contributed by atoms with van der Waals surface area (Å²) in [5.41, 5.74) is 2.44. The second kappa shape index (κ2) is 9.17. The van der Waals surface area contributed by atoms with Gasteiger partial charge >= 0.3 is 0 Å². The Hall–Kier alpha value is -3.74. The topological polar surface area (TPSA) is 81.4 Å². The van der Waals surface area contributed by atoms with Crippen LogP contribution >= 0.6 is 0 Å². The van der Waals surface area contributed by atoms with Crippen LogP contribution in [0.15, 0.2) is 60.8 Å². The predicted molar refractivity (Wildman–Crippen MR) is 116 cm³/mol. The molecule has 3 heterocycles. The van der Waals surface area contributed by atoms with Gasteiger partial charge in [-0.2, -0.15) is 0 Å². The van der Waals surface area contributed by atoms with Gasteiger partial charge in [0.1, 0.15) is 5.82 Å². The summed E-state index contributed by atoms with van der Waals surface area (Å²) in [6.07, 6.45) is 6.64. The molecule has 0 atom stereocenters. The summed E-state index contributed by atoms with van der Waals surface area (Å²) in [5.74, 6) is 1.16. The molecular formula is C23H23N5O2. The van der Waals surface area contributed by atoms with E-state index in [4.69, 9.17) is 4.74 Å². The minimum Gasteiger partial charge on any atom is -0.477 e. The molecule has 0 aliphatic heterocycles. The van der Waals surface area contributed by atoms with Gasteiger partial charge in [-0.05, 0) is 36.8 Å². The summed E-state index contributed by atoms with van der Waals surface area (Å²) in [5, 5.41) is 12.2. The van der Waals surface area contributed by atoms with Gasteiger partial charge in [0.2, 0.25) is 11.8 Å². The van der Waals surface area contributed by atoms with E-state index in [0.717, 1.165) is 34.4 Å². The second-order valence-corrected chi connectivity index (χ2v) is 6.84. The number of benzene rings is 1. The third kappa shape index (κ3) is 4.46. The molecule has 1 aromatic carbocycles. The van der Waals surface area contributed by atoms with Crippen molar-refractivity contribution in [2.45, 2.75) is 19.8 Å². The third-order valence-electron chi connectivity index (χ3n) is 4.61. The number of amides is 1. The summed E-state index contributed by atoms with van der Waals surface area (Å²) in [4.78, 5) is 16.9. The van der Waals surface area contributed by atoms with Crippen molar-refractivity contribution < 1.29 is 9.53 Å². The Morgan fingerprint density at radius 3 is 2.93 bits per heavy atom. The Kier molecular flexibility index (Phi) is 5.98. The van der Waals surface area contributed by atoms with Crippen LogP contribution in [0.4, 0.5) is 0 Å². The van der Waals surface area contributed by atoms with Gasteiger partial charge in [0.05, 0.1) is 12.1 Å². The Morgan fingerprint density at radius 2 is 2.03 bits per heavy atom. The fourth-order valence-electron chi connectivity index (χ4n) is 3.13. The summed E-state index contributed by atoms with van der Waals surface area (Å²) in [7, 11) is 0. The molecule has 0 saturated heterocycles. The molecule has 0 spiro atoms. The maximum Gasteiger partial charge on any atom is 0.244 e. The zero-order valence-corrected chi connectivity index (χ0v) is 16.8. The van der Waals surface area contributed by atoms with Crippen molar-refractivity contribution in [3.8, 4) is 5.88 Å². The van der Waals surface area contributed by atoms with Crippen molar-refractivity contribution >= 4 is 28.5 Å². The average molecular weight is 401 g/mol. The van der Waals surface area contributed by atoms with Crippen LogP contribution in [0.2, 0.25) is 0 Å². The molecule has 7 heteroatoms. The van der Waals surface area contributed by atoms with Crippen LogP contribution in [0.1, 0.15) is 24.7 Å². The molecule has 0 unspecified atom stereocenters. The first-order chi connectivity index (χ1) is 14.7. The molecule has 0 aliphatic rings. The minimum absolute atomic E-state index is 0.182. The van der Waals surface area contributed by atoms with Gasteiger partial charge in [-0.3, -0.25) is 9.20 Å². The highest BCUT2D eigenvalue weighted by Gasteiger charge is 2.08. The molecule has 4 rings (SSSR count). The Bertz CT molecular complexity index is 1200. The molecule has 0 saturated carbocycles. The van der Waals surface area contributed by atoms with E-state index >= 15 is 0 Å². The molecule has 0 fully saturated rings. The van der Waals surface area contributed by atoms with E-state index in [1.807, 2.05) is 66.1 Å². The number of para-hydroxylation sites is 1. The minimum atomic E-state index is -0.182. The molecule has 0 bridgehead atoms. The van der Waals surface area contributed by atoms with Gasteiger partial charge in [0, 0.05) is 36.2 Å². The first-order valence-corrected chi connectivity index (χ1v) is 10.0. The van der Waals surface area contributed by atoms with E-state index in [1.165, 1.54) is 6.08 Å². The highest BCUT2D eigenvalue weighted by atomic mass is 16.5. The van der Waals surface area contributed by atoms with Crippen LogP contribution in [0, 0.1) is 0 Å². The van der Waals surface area contributed by atoms with Gasteiger partial charge in [-0.15, -0.1) is 10.2 Å². The molecular weight excluding hydrogens is 378 g/mol. The number of hydrogen-bond acceptors (Lipinski definition) is 5. The summed E-state index contributed by atoms with van der Waals surface area (Å²) < 4.78 is 7.70. The largest absolute Gasteiger partial charge is 0.477 e. The van der Waals surface area contributed by atoms with Crippen molar-refractivity contribution in [1.82, 2.24) is 24.9 Å². The van der Waals surface area contributed by atoms with Gasteiger partial charge in [-0.25, -0.2) is 4.98 Å². The van der Waals surface area contributed by atoms with E-state index in [-0.39, 0.29) is 5.91 Å². The maximum absolute atomic E-state index is 12.3. The van der Waals surface area contributed by atoms with Crippen LogP contribution < -0.4 is 10.1 Å². The molecule has 3 aromatic heterocycles. The van der Waals surface area contributed by atoms with E-state index in [2.05, 4.69) is 20.5 Å². The summed E-state index contributed by atoms with van der Waals surface area (Å²) >= 11 is 0. The lowest BCUT2D eigenvalue weighted by Crippen LogP contribution is -2.24. The highest BCUT2D eigenvalue weighted by Crippen LogP contribution is 2.23. The summed E-state index contributed by atoms with van der Waals surface area (Å²) in [6, 6.07) is 15.6. The van der Waals surface area contributed by atoms with Crippen molar-refractivity contribution in [3.05, 3.63) is 72.2 Å². The SMILES string of the molecule is CCCOc1nc2ccccc2cc1/C=C/C(=O)NCCc1nnc2ccccn12. The number of aromatic nitrogens is 4. The van der Waals surface area contributed by atoms with Crippen LogP contribution in [0.3, 0.4) is 0 Å². The number of carbonyl (C=O) groups is 1. The fourth-order valence-corrected chi connectivity index (χ4v) is 3.13. The van der Waals surface area contributed by atoms with Crippen molar-refractivity contribution in [3.63, 3.8) is 0 Å². The van der Waals surface area contributed by atoms with Gasteiger partial charge < -0.3 is 10.1 Å². The van der Waals surface area contributed by atoms with Crippen molar-refractivity contribution in [2.24, 2.45) is 0 Å². The molecule has 1 amide bonds. The summed E-state index contributed by atoms with van der Waals surface area (Å²) in [6.45, 7) is 3.08. The average Bonchev–Trinajstić information content (AvgIpc) is 3.19. The lowest BCUT2D eigenvalue weighted by molar-refractivity contribution is -0.116. The number of rotatable bonds is 8. The quantitative estimate of drug-likeness (QED) is 0.458. The first-order valence-electron chi connectivity index (χ1n) is 10.0. The monoisotopic (exact) mass is 401 g/mol. The fraction of sp³-hybridized carbons (Fsp3) is 0.217. The molecule has 1 N–H and O–H groups in total. The zero-order valence-electron chi connectivity index (χ0n) is 16.8.